The fourth-order valence-electron chi connectivity index (χ4n) is 4.13. The van der Waals surface area contributed by atoms with Crippen molar-refractivity contribution < 1.29 is 8.42 Å². The van der Waals surface area contributed by atoms with Crippen LogP contribution in [0.15, 0.2) is 66.1 Å². The first-order chi connectivity index (χ1) is 14.6. The lowest BCUT2D eigenvalue weighted by molar-refractivity contribution is 0.134. The maximum atomic E-state index is 12.7. The molecule has 0 bridgehead atoms. The van der Waals surface area contributed by atoms with Crippen molar-refractivity contribution in [3.05, 3.63) is 77.9 Å². The zero-order chi connectivity index (χ0) is 21.0. The van der Waals surface area contributed by atoms with Crippen molar-refractivity contribution in [2.24, 2.45) is 0 Å². The number of likely N-dealkylation sites (tertiary alicyclic amines) is 1. The monoisotopic (exact) mass is 424 g/mol. The lowest BCUT2D eigenvalue weighted by Crippen LogP contribution is -2.34. The Morgan fingerprint density at radius 1 is 1.00 bits per heavy atom. The first kappa shape index (κ1) is 20.8. The van der Waals surface area contributed by atoms with E-state index >= 15 is 0 Å². The smallest absolute Gasteiger partial charge is 0.228 e. The van der Waals surface area contributed by atoms with Crippen LogP contribution in [0.3, 0.4) is 0 Å². The van der Waals surface area contributed by atoms with E-state index in [4.69, 9.17) is 0 Å². The van der Waals surface area contributed by atoms with E-state index in [1.54, 1.807) is 13.1 Å². The van der Waals surface area contributed by atoms with Gasteiger partial charge >= 0.3 is 0 Å². The highest BCUT2D eigenvalue weighted by Gasteiger charge is 2.28. The lowest BCUT2D eigenvalue weighted by atomic mass is 9.98. The van der Waals surface area contributed by atoms with Crippen molar-refractivity contribution in [1.82, 2.24) is 19.4 Å². The van der Waals surface area contributed by atoms with Crippen molar-refractivity contribution in [2.45, 2.75) is 50.5 Å². The second-order valence-electron chi connectivity index (χ2n) is 7.74. The quantitative estimate of drug-likeness (QED) is 0.576. The molecule has 30 heavy (non-hydrogen) atoms. The molecule has 1 aliphatic rings. The summed E-state index contributed by atoms with van der Waals surface area (Å²) in [7, 11) is -3.41. The number of aromatic nitrogens is 3. The van der Waals surface area contributed by atoms with Crippen LogP contribution >= 0.6 is 0 Å². The third-order valence-corrected chi connectivity index (χ3v) is 7.39. The molecule has 1 fully saturated rings. The van der Waals surface area contributed by atoms with Gasteiger partial charge in [-0.3, -0.25) is 9.88 Å². The Morgan fingerprint density at radius 2 is 1.80 bits per heavy atom. The first-order valence-corrected chi connectivity index (χ1v) is 12.2. The fraction of sp³-hybridized carbons (Fsp3) is 0.391. The van der Waals surface area contributed by atoms with Gasteiger partial charge in [0.25, 0.3) is 0 Å². The molecule has 2 aromatic heterocycles. The average molecular weight is 425 g/mol. The highest BCUT2D eigenvalue weighted by molar-refractivity contribution is 7.91. The van der Waals surface area contributed by atoms with E-state index in [1.807, 2.05) is 53.2 Å². The topological polar surface area (TPSA) is 68.1 Å². The molecule has 1 aliphatic heterocycles. The molecule has 1 saturated heterocycles. The Kier molecular flexibility index (Phi) is 6.29. The molecule has 0 spiro atoms. The Labute approximate surface area is 178 Å². The van der Waals surface area contributed by atoms with Crippen LogP contribution in [0, 0.1) is 0 Å². The zero-order valence-electron chi connectivity index (χ0n) is 17.3. The molecule has 3 aromatic rings. The highest BCUT2D eigenvalue weighted by Crippen LogP contribution is 2.31. The number of piperidine rings is 1. The fourth-order valence-corrected chi connectivity index (χ4v) is 5.12. The van der Waals surface area contributed by atoms with E-state index in [0.717, 1.165) is 36.3 Å². The molecule has 1 atom stereocenters. The Balaban J connectivity index is 1.67. The molecule has 4 rings (SSSR count). The molecule has 0 amide bonds. The Hall–Kier alpha value is -2.51. The van der Waals surface area contributed by atoms with Crippen LogP contribution in [-0.4, -0.2) is 40.2 Å². The van der Waals surface area contributed by atoms with Gasteiger partial charge in [0.1, 0.15) is 0 Å². The number of rotatable bonds is 7. The summed E-state index contributed by atoms with van der Waals surface area (Å²) in [4.78, 5) is 11.3. The summed E-state index contributed by atoms with van der Waals surface area (Å²) in [6.45, 7) is 3.78. The molecule has 3 heterocycles. The van der Waals surface area contributed by atoms with Crippen LogP contribution in [-0.2, 0) is 22.9 Å². The van der Waals surface area contributed by atoms with E-state index in [2.05, 4.69) is 20.9 Å². The van der Waals surface area contributed by atoms with Gasteiger partial charge in [-0.1, -0.05) is 49.7 Å². The van der Waals surface area contributed by atoms with Crippen molar-refractivity contribution in [3.8, 4) is 0 Å². The summed E-state index contributed by atoms with van der Waals surface area (Å²) >= 11 is 0. The summed E-state index contributed by atoms with van der Waals surface area (Å²) < 4.78 is 27.3. The van der Waals surface area contributed by atoms with E-state index in [0.29, 0.717) is 13.1 Å². The van der Waals surface area contributed by atoms with Crippen LogP contribution in [0.4, 0.5) is 0 Å². The van der Waals surface area contributed by atoms with Crippen molar-refractivity contribution >= 4 is 9.84 Å². The standard InChI is InChI=1S/C23H28N4O2S/c1-2-30(28,29)23-25-16-20(27(23)17-19-10-4-3-5-11-19)18-26-15-9-7-13-22(26)21-12-6-8-14-24-21/h3-6,8,10-12,14,16,22H,2,7,9,13,15,17-18H2,1H3. The van der Waals surface area contributed by atoms with Gasteiger partial charge in [-0.2, -0.15) is 0 Å². The Morgan fingerprint density at radius 3 is 2.53 bits per heavy atom. The van der Waals surface area contributed by atoms with Crippen LogP contribution in [0.25, 0.3) is 0 Å². The normalized spacial score (nSPS) is 17.8. The van der Waals surface area contributed by atoms with Crippen LogP contribution < -0.4 is 0 Å². The number of imidazole rings is 1. The number of benzene rings is 1. The van der Waals surface area contributed by atoms with E-state index in [9.17, 15) is 8.42 Å². The third-order valence-electron chi connectivity index (χ3n) is 5.75. The van der Waals surface area contributed by atoms with Gasteiger partial charge in [-0.25, -0.2) is 13.4 Å². The molecular formula is C23H28N4O2S. The first-order valence-electron chi connectivity index (χ1n) is 10.5. The molecule has 0 N–H and O–H groups in total. The SMILES string of the molecule is CCS(=O)(=O)c1ncc(CN2CCCCC2c2ccccn2)n1Cc1ccccc1. The number of pyridine rings is 1. The van der Waals surface area contributed by atoms with E-state index in [1.165, 1.54) is 6.42 Å². The summed E-state index contributed by atoms with van der Waals surface area (Å²) in [6, 6.07) is 16.2. The van der Waals surface area contributed by atoms with Gasteiger partial charge in [0.2, 0.25) is 15.0 Å². The largest absolute Gasteiger partial charge is 0.313 e. The minimum atomic E-state index is -3.41. The molecule has 7 heteroatoms. The van der Waals surface area contributed by atoms with Gasteiger partial charge in [0, 0.05) is 12.7 Å². The zero-order valence-corrected chi connectivity index (χ0v) is 18.1. The summed E-state index contributed by atoms with van der Waals surface area (Å²) in [5.41, 5.74) is 3.06. The predicted octanol–water partition coefficient (Wildman–Crippen LogP) is 3.85. The molecule has 0 saturated carbocycles. The van der Waals surface area contributed by atoms with Crippen LogP contribution in [0.2, 0.25) is 0 Å². The molecule has 1 unspecified atom stereocenters. The van der Waals surface area contributed by atoms with E-state index < -0.39 is 9.84 Å². The van der Waals surface area contributed by atoms with Crippen molar-refractivity contribution in [3.63, 3.8) is 0 Å². The number of hydrogen-bond donors (Lipinski definition) is 0. The second kappa shape index (κ2) is 9.10. The van der Waals surface area contributed by atoms with Crippen molar-refractivity contribution in [2.75, 3.05) is 12.3 Å². The molecular weight excluding hydrogens is 396 g/mol. The summed E-state index contributed by atoms with van der Waals surface area (Å²) in [6.07, 6.45) is 6.94. The second-order valence-corrected chi connectivity index (χ2v) is 9.92. The average Bonchev–Trinajstić information content (AvgIpc) is 3.18. The maximum absolute atomic E-state index is 12.7. The van der Waals surface area contributed by atoms with Gasteiger partial charge in [-0.15, -0.1) is 0 Å². The molecule has 1 aromatic carbocycles. The van der Waals surface area contributed by atoms with Gasteiger partial charge in [0.15, 0.2) is 0 Å². The predicted molar refractivity (Wildman–Crippen MR) is 117 cm³/mol. The molecule has 0 aliphatic carbocycles. The lowest BCUT2D eigenvalue weighted by Gasteiger charge is -2.35. The molecule has 0 radical (unpaired) electrons. The van der Waals surface area contributed by atoms with Gasteiger partial charge in [-0.05, 0) is 37.1 Å². The number of nitrogens with zero attached hydrogens (tertiary/aromatic N) is 4. The number of sulfone groups is 1. The summed E-state index contributed by atoms with van der Waals surface area (Å²) in [5, 5.41) is 0.162. The Bertz CT molecular complexity index is 1070. The molecule has 158 valence electrons. The minimum absolute atomic E-state index is 0.0402. The number of hydrogen-bond acceptors (Lipinski definition) is 5. The van der Waals surface area contributed by atoms with Gasteiger partial charge < -0.3 is 4.57 Å². The maximum Gasteiger partial charge on any atom is 0.228 e. The van der Waals surface area contributed by atoms with Crippen LogP contribution in [0.5, 0.6) is 0 Å². The van der Waals surface area contributed by atoms with E-state index in [-0.39, 0.29) is 17.0 Å². The highest BCUT2D eigenvalue weighted by atomic mass is 32.2. The molecule has 6 nitrogen and oxygen atoms in total. The summed E-state index contributed by atoms with van der Waals surface area (Å²) in [5.74, 6) is 0.0402. The minimum Gasteiger partial charge on any atom is -0.313 e. The van der Waals surface area contributed by atoms with Crippen LogP contribution in [0.1, 0.15) is 49.2 Å². The van der Waals surface area contributed by atoms with Crippen molar-refractivity contribution in [1.29, 1.82) is 0 Å². The third kappa shape index (κ3) is 4.47. The van der Waals surface area contributed by atoms with Gasteiger partial charge in [0.05, 0.1) is 35.9 Å².